The van der Waals surface area contributed by atoms with Gasteiger partial charge in [-0.15, -0.1) is 0 Å². The maximum absolute atomic E-state index is 13.5. The van der Waals surface area contributed by atoms with E-state index in [0.717, 1.165) is 6.07 Å². The predicted molar refractivity (Wildman–Crippen MR) is 68.8 cm³/mol. The van der Waals surface area contributed by atoms with Crippen molar-refractivity contribution in [2.24, 2.45) is 0 Å². The van der Waals surface area contributed by atoms with Gasteiger partial charge >= 0.3 is 6.18 Å². The Morgan fingerprint density at radius 2 is 1.76 bits per heavy atom. The molecule has 1 aliphatic rings. The van der Waals surface area contributed by atoms with E-state index in [4.69, 9.17) is 0 Å². The minimum atomic E-state index is -4.87. The first-order valence-corrected chi connectivity index (χ1v) is 6.51. The van der Waals surface area contributed by atoms with E-state index in [9.17, 15) is 26.7 Å². The predicted octanol–water partition coefficient (Wildman–Crippen LogP) is 2.92. The van der Waals surface area contributed by atoms with Gasteiger partial charge in [0.2, 0.25) is 7.85 Å². The lowest BCUT2D eigenvalue weighted by Crippen LogP contribution is -2.37. The molecule has 0 atom stereocenters. The standard InChI is InChI=1S/C13H13BF5NO/c14-12(21)20-3-1-7(2-4-20)9-5-8(15)6-10(16)11(9)13(17,18)19/h5-7H,1-4,14H2. The highest BCUT2D eigenvalue weighted by Crippen LogP contribution is 2.40. The molecule has 0 N–H and O–H groups in total. The van der Waals surface area contributed by atoms with Crippen molar-refractivity contribution in [2.45, 2.75) is 24.9 Å². The van der Waals surface area contributed by atoms with E-state index >= 15 is 0 Å². The van der Waals surface area contributed by atoms with Crippen molar-refractivity contribution in [3.8, 4) is 0 Å². The molecule has 0 radical (unpaired) electrons. The second-order valence-electron chi connectivity index (χ2n) is 5.13. The maximum atomic E-state index is 13.5. The van der Waals surface area contributed by atoms with Gasteiger partial charge in [-0.05, 0) is 30.4 Å². The number of halogens is 5. The molecule has 114 valence electrons. The van der Waals surface area contributed by atoms with Crippen LogP contribution in [-0.2, 0) is 6.18 Å². The summed E-state index contributed by atoms with van der Waals surface area (Å²) in [5, 5.41) is 0. The summed E-state index contributed by atoms with van der Waals surface area (Å²) in [5.74, 6) is -3.38. The Morgan fingerprint density at radius 3 is 2.24 bits per heavy atom. The lowest BCUT2D eigenvalue weighted by molar-refractivity contribution is -0.141. The number of amides is 1. The highest BCUT2D eigenvalue weighted by Gasteiger charge is 2.39. The molecule has 0 bridgehead atoms. The zero-order valence-corrected chi connectivity index (χ0v) is 11.3. The first-order valence-electron chi connectivity index (χ1n) is 6.51. The topological polar surface area (TPSA) is 20.3 Å². The number of alkyl halides is 3. The van der Waals surface area contributed by atoms with Crippen molar-refractivity contribution in [2.75, 3.05) is 13.1 Å². The molecule has 2 rings (SSSR count). The monoisotopic (exact) mass is 305 g/mol. The van der Waals surface area contributed by atoms with Crippen molar-refractivity contribution < 1.29 is 26.7 Å². The number of nitrogens with zero attached hydrogens (tertiary/aromatic N) is 1. The fourth-order valence-corrected chi connectivity index (χ4v) is 2.72. The van der Waals surface area contributed by atoms with Gasteiger partial charge in [0.15, 0.2) is 5.81 Å². The third kappa shape index (κ3) is 3.36. The van der Waals surface area contributed by atoms with Gasteiger partial charge < -0.3 is 4.90 Å². The van der Waals surface area contributed by atoms with Crippen LogP contribution in [0.1, 0.15) is 29.9 Å². The van der Waals surface area contributed by atoms with Crippen molar-refractivity contribution >= 4 is 13.7 Å². The Kier molecular flexibility index (Phi) is 4.25. The molecule has 1 fully saturated rings. The molecule has 0 unspecified atom stereocenters. The van der Waals surface area contributed by atoms with Crippen LogP contribution < -0.4 is 0 Å². The Bertz CT molecular complexity index is 552. The van der Waals surface area contributed by atoms with Crippen molar-refractivity contribution in [1.82, 2.24) is 4.90 Å². The van der Waals surface area contributed by atoms with Gasteiger partial charge in [0.25, 0.3) is 0 Å². The summed E-state index contributed by atoms with van der Waals surface area (Å²) < 4.78 is 65.7. The molecule has 2 nitrogen and oxygen atoms in total. The van der Waals surface area contributed by atoms with E-state index in [0.29, 0.717) is 0 Å². The number of likely N-dealkylation sites (tertiary alicyclic amines) is 1. The quantitative estimate of drug-likeness (QED) is 0.577. The summed E-state index contributed by atoms with van der Waals surface area (Å²) in [6.45, 7) is 0.574. The number of hydrogen-bond donors (Lipinski definition) is 0. The van der Waals surface area contributed by atoms with E-state index in [-0.39, 0.29) is 43.4 Å². The van der Waals surface area contributed by atoms with Gasteiger partial charge in [-0.3, -0.25) is 4.79 Å². The van der Waals surface area contributed by atoms with E-state index < -0.39 is 29.3 Å². The van der Waals surface area contributed by atoms with E-state index in [2.05, 4.69) is 0 Å². The van der Waals surface area contributed by atoms with Crippen LogP contribution in [-0.4, -0.2) is 31.6 Å². The van der Waals surface area contributed by atoms with Gasteiger partial charge in [-0.25, -0.2) is 8.78 Å². The second kappa shape index (κ2) is 5.65. The lowest BCUT2D eigenvalue weighted by Gasteiger charge is -2.33. The number of piperidine rings is 1. The summed E-state index contributed by atoms with van der Waals surface area (Å²) >= 11 is 0. The molecule has 0 aliphatic carbocycles. The van der Waals surface area contributed by atoms with Crippen LogP contribution >= 0.6 is 0 Å². The molecule has 8 heteroatoms. The third-order valence-electron chi connectivity index (χ3n) is 3.75. The van der Waals surface area contributed by atoms with Crippen LogP contribution in [0.2, 0.25) is 0 Å². The molecule has 0 saturated carbocycles. The van der Waals surface area contributed by atoms with Gasteiger partial charge in [0, 0.05) is 19.2 Å². The first kappa shape index (κ1) is 15.8. The Labute approximate surface area is 119 Å². The average molecular weight is 305 g/mol. The number of carbonyl (C=O) groups excluding carboxylic acids is 1. The van der Waals surface area contributed by atoms with E-state index in [1.165, 1.54) is 12.7 Å². The molecule has 1 aromatic carbocycles. The average Bonchev–Trinajstić information content (AvgIpc) is 2.36. The second-order valence-corrected chi connectivity index (χ2v) is 5.13. The number of benzene rings is 1. The normalized spacial score (nSPS) is 17.1. The highest BCUT2D eigenvalue weighted by atomic mass is 19.4. The lowest BCUT2D eigenvalue weighted by atomic mass is 9.85. The molecule has 1 saturated heterocycles. The molecule has 21 heavy (non-hydrogen) atoms. The van der Waals surface area contributed by atoms with Crippen molar-refractivity contribution in [1.29, 1.82) is 0 Å². The largest absolute Gasteiger partial charge is 0.419 e. The molecule has 1 aliphatic heterocycles. The smallest absolute Gasteiger partial charge is 0.352 e. The molecule has 1 aromatic rings. The fourth-order valence-electron chi connectivity index (χ4n) is 2.72. The molecular weight excluding hydrogens is 292 g/mol. The van der Waals surface area contributed by atoms with Crippen LogP contribution in [0.15, 0.2) is 12.1 Å². The van der Waals surface area contributed by atoms with Gasteiger partial charge in [-0.1, -0.05) is 0 Å². The molecular formula is C13H13BF5NO. The molecule has 0 aromatic heterocycles. The molecule has 0 spiro atoms. The zero-order chi connectivity index (χ0) is 15.8. The van der Waals surface area contributed by atoms with Crippen molar-refractivity contribution in [3.63, 3.8) is 0 Å². The van der Waals surface area contributed by atoms with E-state index in [1.807, 2.05) is 0 Å². The number of hydrogen-bond acceptors (Lipinski definition) is 1. The summed E-state index contributed by atoms with van der Waals surface area (Å²) in [6, 6.07) is 0.997. The fraction of sp³-hybridized carbons (Fsp3) is 0.462. The maximum Gasteiger partial charge on any atom is 0.419 e. The Hall–Kier alpha value is -1.60. The Balaban J connectivity index is 2.34. The number of carbonyl (C=O) groups is 1. The minimum Gasteiger partial charge on any atom is -0.352 e. The summed E-state index contributed by atoms with van der Waals surface area (Å²) in [7, 11) is 1.38. The Morgan fingerprint density at radius 1 is 1.19 bits per heavy atom. The molecule has 1 amide bonds. The molecule has 1 heterocycles. The van der Waals surface area contributed by atoms with Crippen LogP contribution in [0.3, 0.4) is 0 Å². The van der Waals surface area contributed by atoms with Gasteiger partial charge in [0.05, 0.1) is 5.56 Å². The zero-order valence-electron chi connectivity index (χ0n) is 11.3. The van der Waals surface area contributed by atoms with Crippen LogP contribution in [0.4, 0.5) is 26.7 Å². The van der Waals surface area contributed by atoms with Crippen LogP contribution in [0.25, 0.3) is 0 Å². The van der Waals surface area contributed by atoms with Crippen LogP contribution in [0.5, 0.6) is 0 Å². The SMILES string of the molecule is BC(=O)N1CCC(c2cc(F)cc(F)c2C(F)(F)F)CC1. The first-order chi connectivity index (χ1) is 9.70. The van der Waals surface area contributed by atoms with Crippen LogP contribution in [0, 0.1) is 11.6 Å². The summed E-state index contributed by atoms with van der Waals surface area (Å²) in [5.41, 5.74) is -1.76. The van der Waals surface area contributed by atoms with Gasteiger partial charge in [-0.2, -0.15) is 13.2 Å². The summed E-state index contributed by atoms with van der Waals surface area (Å²) in [6.07, 6.45) is -4.36. The van der Waals surface area contributed by atoms with E-state index in [1.54, 1.807) is 0 Å². The third-order valence-corrected chi connectivity index (χ3v) is 3.75. The number of rotatable bonds is 1. The minimum absolute atomic E-state index is 0.157. The summed E-state index contributed by atoms with van der Waals surface area (Å²) in [4.78, 5) is 12.7. The van der Waals surface area contributed by atoms with Crippen molar-refractivity contribution in [3.05, 3.63) is 34.9 Å². The van der Waals surface area contributed by atoms with Gasteiger partial charge in [0.1, 0.15) is 11.6 Å². The highest BCUT2D eigenvalue weighted by molar-refractivity contribution is 6.56.